The number of aryl methyl sites for hydroxylation is 2. The van der Waals surface area contributed by atoms with Crippen molar-refractivity contribution in [2.24, 2.45) is 0 Å². The molecule has 4 nitrogen and oxygen atoms in total. The molecule has 0 radical (unpaired) electrons. The Morgan fingerprint density at radius 3 is 2.63 bits per heavy atom. The first-order valence-electron chi connectivity index (χ1n) is 6.13. The maximum atomic E-state index is 11.8. The van der Waals surface area contributed by atoms with Crippen molar-refractivity contribution >= 4 is 32.6 Å². The van der Waals surface area contributed by atoms with E-state index in [1.165, 1.54) is 11.3 Å². The van der Waals surface area contributed by atoms with E-state index in [0.29, 0.717) is 0 Å². The van der Waals surface area contributed by atoms with E-state index < -0.39 is 11.7 Å². The lowest BCUT2D eigenvalue weighted by Crippen LogP contribution is -2.27. The zero-order valence-corrected chi connectivity index (χ0v) is 12.6. The lowest BCUT2D eigenvalue weighted by atomic mass is 10.2. The number of carbonyl (C=O) groups excluding carboxylic acids is 1. The van der Waals surface area contributed by atoms with E-state index in [1.807, 2.05) is 46.8 Å². The molecule has 0 fully saturated rings. The number of fused-ring (bicyclic) bond motifs is 1. The third-order valence-corrected chi connectivity index (χ3v) is 3.67. The lowest BCUT2D eigenvalue weighted by Gasteiger charge is -2.19. The van der Waals surface area contributed by atoms with Crippen LogP contribution in [0.15, 0.2) is 12.1 Å². The van der Waals surface area contributed by atoms with Crippen molar-refractivity contribution in [1.82, 2.24) is 4.98 Å². The van der Waals surface area contributed by atoms with Crippen molar-refractivity contribution in [2.45, 2.75) is 40.2 Å². The maximum absolute atomic E-state index is 11.8. The van der Waals surface area contributed by atoms with Gasteiger partial charge in [0.05, 0.1) is 0 Å². The average Bonchev–Trinajstić information content (AvgIpc) is 2.52. The highest BCUT2D eigenvalue weighted by Crippen LogP contribution is 2.34. The number of nitrogens with one attached hydrogen (secondary N) is 1. The molecule has 0 spiro atoms. The highest BCUT2D eigenvalue weighted by Gasteiger charge is 2.18. The fraction of sp³-hybridized carbons (Fsp3) is 0.429. The molecule has 0 aliphatic carbocycles. The predicted octanol–water partition coefficient (Wildman–Crippen LogP) is 4.26. The fourth-order valence-corrected chi connectivity index (χ4v) is 2.82. The largest absolute Gasteiger partial charge is 0.444 e. The van der Waals surface area contributed by atoms with Gasteiger partial charge in [0.1, 0.15) is 15.4 Å². The summed E-state index contributed by atoms with van der Waals surface area (Å²) in [7, 11) is 0. The molecule has 2 heterocycles. The van der Waals surface area contributed by atoms with Crippen LogP contribution >= 0.6 is 11.3 Å². The Balaban J connectivity index is 2.26. The first-order chi connectivity index (χ1) is 8.76. The van der Waals surface area contributed by atoms with E-state index in [-0.39, 0.29) is 0 Å². The molecule has 0 bridgehead atoms. The fourth-order valence-electron chi connectivity index (χ4n) is 1.71. The van der Waals surface area contributed by atoms with Gasteiger partial charge in [0, 0.05) is 11.1 Å². The number of anilines is 1. The number of rotatable bonds is 1. The summed E-state index contributed by atoms with van der Waals surface area (Å²) in [6.07, 6.45) is -0.432. The molecule has 0 aliphatic rings. The number of carbonyl (C=O) groups is 1. The number of hydrogen-bond donors (Lipinski definition) is 1. The van der Waals surface area contributed by atoms with Crippen LogP contribution in [-0.2, 0) is 4.74 Å². The van der Waals surface area contributed by atoms with Crippen molar-refractivity contribution in [2.75, 3.05) is 5.32 Å². The second-order valence-corrected chi connectivity index (χ2v) is 6.49. The zero-order chi connectivity index (χ0) is 14.2. The molecule has 0 aromatic carbocycles. The van der Waals surface area contributed by atoms with Gasteiger partial charge in [-0.25, -0.2) is 9.78 Å². The first-order valence-corrected chi connectivity index (χ1v) is 6.95. The van der Waals surface area contributed by atoms with Crippen LogP contribution in [0.2, 0.25) is 0 Å². The molecular formula is C14H18N2O2S. The zero-order valence-electron chi connectivity index (χ0n) is 11.8. The van der Waals surface area contributed by atoms with Crippen molar-refractivity contribution < 1.29 is 9.53 Å². The van der Waals surface area contributed by atoms with Crippen molar-refractivity contribution in [3.63, 3.8) is 0 Å². The molecule has 0 atom stereocenters. The standard InChI is InChI=1S/C14H18N2O2S/c1-8-6-7-10-9(2)11(19-12(10)15-8)16-13(17)18-14(3,4)5/h6-7H,1-5H3,(H,16,17). The summed E-state index contributed by atoms with van der Waals surface area (Å²) in [6, 6.07) is 4.00. The van der Waals surface area contributed by atoms with E-state index in [2.05, 4.69) is 10.3 Å². The average molecular weight is 278 g/mol. The molecule has 2 aromatic heterocycles. The third-order valence-electron chi connectivity index (χ3n) is 2.56. The second-order valence-electron chi connectivity index (χ2n) is 5.49. The van der Waals surface area contributed by atoms with Crippen LogP contribution in [0.3, 0.4) is 0 Å². The molecule has 1 amide bonds. The number of aromatic nitrogens is 1. The number of ether oxygens (including phenoxy) is 1. The second kappa shape index (κ2) is 4.81. The smallest absolute Gasteiger partial charge is 0.412 e. The van der Waals surface area contributed by atoms with Crippen LogP contribution in [0, 0.1) is 13.8 Å². The van der Waals surface area contributed by atoms with Crippen molar-refractivity contribution in [1.29, 1.82) is 0 Å². The summed E-state index contributed by atoms with van der Waals surface area (Å²) >= 11 is 1.47. The minimum atomic E-state index is -0.497. The van der Waals surface area contributed by atoms with Crippen LogP contribution in [0.25, 0.3) is 10.2 Å². The number of nitrogens with zero attached hydrogens (tertiary/aromatic N) is 1. The molecular weight excluding hydrogens is 260 g/mol. The van der Waals surface area contributed by atoms with E-state index in [1.54, 1.807) is 0 Å². The predicted molar refractivity (Wildman–Crippen MR) is 79.0 cm³/mol. The Morgan fingerprint density at radius 1 is 1.32 bits per heavy atom. The molecule has 1 N–H and O–H groups in total. The van der Waals surface area contributed by atoms with Gasteiger partial charge in [0.2, 0.25) is 0 Å². The molecule has 0 unspecified atom stereocenters. The molecule has 2 rings (SSSR count). The van der Waals surface area contributed by atoms with Gasteiger partial charge in [-0.3, -0.25) is 5.32 Å². The number of amides is 1. The lowest BCUT2D eigenvalue weighted by molar-refractivity contribution is 0.0636. The maximum Gasteiger partial charge on any atom is 0.412 e. The van der Waals surface area contributed by atoms with Crippen LogP contribution in [0.5, 0.6) is 0 Å². The van der Waals surface area contributed by atoms with Gasteiger partial charge in [-0.1, -0.05) is 11.3 Å². The normalized spacial score (nSPS) is 11.6. The van der Waals surface area contributed by atoms with E-state index in [4.69, 9.17) is 4.74 Å². The van der Waals surface area contributed by atoms with Crippen LogP contribution in [0.1, 0.15) is 32.0 Å². The Hall–Kier alpha value is -1.62. The molecule has 19 heavy (non-hydrogen) atoms. The molecule has 5 heteroatoms. The van der Waals surface area contributed by atoms with E-state index >= 15 is 0 Å². The van der Waals surface area contributed by atoms with Gasteiger partial charge in [0.25, 0.3) is 0 Å². The molecule has 102 valence electrons. The summed E-state index contributed by atoms with van der Waals surface area (Å²) in [5.41, 5.74) is 1.50. The van der Waals surface area contributed by atoms with Crippen LogP contribution in [-0.4, -0.2) is 16.7 Å². The van der Waals surface area contributed by atoms with Gasteiger partial charge >= 0.3 is 6.09 Å². The highest BCUT2D eigenvalue weighted by atomic mass is 32.1. The van der Waals surface area contributed by atoms with Gasteiger partial charge < -0.3 is 4.74 Å². The summed E-state index contributed by atoms with van der Waals surface area (Å²) < 4.78 is 5.25. The Labute approximate surface area is 116 Å². The Morgan fingerprint density at radius 2 is 2.00 bits per heavy atom. The molecule has 2 aromatic rings. The van der Waals surface area contributed by atoms with Gasteiger partial charge in [-0.2, -0.15) is 0 Å². The van der Waals surface area contributed by atoms with E-state index in [9.17, 15) is 4.79 Å². The third kappa shape index (κ3) is 3.23. The molecule has 0 saturated carbocycles. The summed E-state index contributed by atoms with van der Waals surface area (Å²) in [4.78, 5) is 17.2. The van der Waals surface area contributed by atoms with Crippen LogP contribution in [0.4, 0.5) is 9.80 Å². The van der Waals surface area contributed by atoms with Gasteiger partial charge in [-0.15, -0.1) is 0 Å². The van der Waals surface area contributed by atoms with Gasteiger partial charge in [0.15, 0.2) is 0 Å². The SMILES string of the molecule is Cc1ccc2c(C)c(NC(=O)OC(C)(C)C)sc2n1. The van der Waals surface area contributed by atoms with Crippen LogP contribution < -0.4 is 5.32 Å². The summed E-state index contributed by atoms with van der Waals surface area (Å²) in [5, 5.41) is 4.66. The topological polar surface area (TPSA) is 51.2 Å². The molecule has 0 aliphatic heterocycles. The van der Waals surface area contributed by atoms with Gasteiger partial charge in [-0.05, 0) is 52.3 Å². The highest BCUT2D eigenvalue weighted by molar-refractivity contribution is 7.22. The van der Waals surface area contributed by atoms with E-state index in [0.717, 1.165) is 26.5 Å². The minimum Gasteiger partial charge on any atom is -0.444 e. The summed E-state index contributed by atoms with van der Waals surface area (Å²) in [6.45, 7) is 9.46. The Kier molecular flexibility index (Phi) is 3.49. The number of hydrogen-bond acceptors (Lipinski definition) is 4. The first kappa shape index (κ1) is 13.8. The van der Waals surface area contributed by atoms with Crippen molar-refractivity contribution in [3.8, 4) is 0 Å². The monoisotopic (exact) mass is 278 g/mol. The van der Waals surface area contributed by atoms with Crippen molar-refractivity contribution in [3.05, 3.63) is 23.4 Å². The number of pyridine rings is 1. The molecule has 0 saturated heterocycles. The quantitative estimate of drug-likeness (QED) is 0.848. The summed E-state index contributed by atoms with van der Waals surface area (Å²) in [5.74, 6) is 0. The number of thiophene rings is 1. The minimum absolute atomic E-state index is 0.432. The Bertz CT molecular complexity index is 626.